The van der Waals surface area contributed by atoms with E-state index in [0.29, 0.717) is 11.5 Å². The molecule has 0 radical (unpaired) electrons. The third-order valence-electron chi connectivity index (χ3n) is 2.56. The van der Waals surface area contributed by atoms with E-state index >= 15 is 0 Å². The van der Waals surface area contributed by atoms with E-state index in [0.717, 1.165) is 0 Å². The molecule has 0 saturated carbocycles. The van der Waals surface area contributed by atoms with Gasteiger partial charge in [-0.3, -0.25) is 4.98 Å². The lowest BCUT2D eigenvalue weighted by Crippen LogP contribution is -2.03. The summed E-state index contributed by atoms with van der Waals surface area (Å²) in [6.45, 7) is -2.96. The number of nitrogens with zero attached hydrogens (tertiary/aromatic N) is 5. The van der Waals surface area contributed by atoms with E-state index in [2.05, 4.69) is 29.7 Å². The average molecular weight is 317 g/mol. The molecule has 0 aliphatic carbocycles. The lowest BCUT2D eigenvalue weighted by molar-refractivity contribution is -0.0529. The maximum absolute atomic E-state index is 12.2. The molecule has 0 N–H and O–H groups in total. The standard InChI is InChI=1S/C14H9F2N5O2/c15-14(16)23-12-7-9(1-3-19-12)22-11-2-4-20-13(21-11)10-8-17-5-6-18-10/h1-8,14H. The fourth-order valence-corrected chi connectivity index (χ4v) is 1.67. The Balaban J connectivity index is 1.81. The number of hydrogen-bond acceptors (Lipinski definition) is 7. The van der Waals surface area contributed by atoms with Gasteiger partial charge in [0.2, 0.25) is 11.8 Å². The second-order valence-electron chi connectivity index (χ2n) is 4.12. The van der Waals surface area contributed by atoms with Crippen LogP contribution in [0.15, 0.2) is 49.2 Å². The molecule has 3 heterocycles. The van der Waals surface area contributed by atoms with Gasteiger partial charge in [0, 0.05) is 36.9 Å². The first-order valence-corrected chi connectivity index (χ1v) is 6.39. The Kier molecular flexibility index (Phi) is 4.27. The molecular formula is C14H9F2N5O2. The maximum atomic E-state index is 12.2. The minimum absolute atomic E-state index is 0.217. The van der Waals surface area contributed by atoms with E-state index in [1.54, 1.807) is 0 Å². The third kappa shape index (κ3) is 3.90. The van der Waals surface area contributed by atoms with E-state index in [1.807, 2.05) is 0 Å². The number of ether oxygens (including phenoxy) is 2. The molecule has 23 heavy (non-hydrogen) atoms. The molecule has 0 amide bonds. The van der Waals surface area contributed by atoms with Gasteiger partial charge in [0.15, 0.2) is 5.82 Å². The van der Waals surface area contributed by atoms with Gasteiger partial charge in [-0.2, -0.15) is 13.8 Å². The fourth-order valence-electron chi connectivity index (χ4n) is 1.67. The quantitative estimate of drug-likeness (QED) is 0.715. The van der Waals surface area contributed by atoms with Crippen molar-refractivity contribution in [1.29, 1.82) is 0 Å². The minimum atomic E-state index is -2.96. The number of halogens is 2. The van der Waals surface area contributed by atoms with E-state index in [9.17, 15) is 8.78 Å². The third-order valence-corrected chi connectivity index (χ3v) is 2.56. The van der Waals surface area contributed by atoms with Gasteiger partial charge in [-0.25, -0.2) is 15.0 Å². The predicted octanol–water partition coefficient (Wildman–Crippen LogP) is 2.72. The molecule has 0 bridgehead atoms. The number of hydrogen-bond donors (Lipinski definition) is 0. The second kappa shape index (κ2) is 6.69. The molecule has 9 heteroatoms. The van der Waals surface area contributed by atoms with Gasteiger partial charge in [-0.15, -0.1) is 0 Å². The van der Waals surface area contributed by atoms with Crippen molar-refractivity contribution in [3.05, 3.63) is 49.2 Å². The summed E-state index contributed by atoms with van der Waals surface area (Å²) in [6.07, 6.45) is 7.34. The molecule has 0 aliphatic rings. The maximum Gasteiger partial charge on any atom is 0.388 e. The zero-order valence-corrected chi connectivity index (χ0v) is 11.5. The average Bonchev–Trinajstić information content (AvgIpc) is 2.56. The number of rotatable bonds is 5. The van der Waals surface area contributed by atoms with Crippen LogP contribution in [0.25, 0.3) is 11.5 Å². The topological polar surface area (TPSA) is 82.9 Å². The van der Waals surface area contributed by atoms with Gasteiger partial charge in [-0.1, -0.05) is 0 Å². The molecular weight excluding hydrogens is 308 g/mol. The minimum Gasteiger partial charge on any atom is -0.439 e. The van der Waals surface area contributed by atoms with Gasteiger partial charge in [0.25, 0.3) is 0 Å². The van der Waals surface area contributed by atoms with Crippen molar-refractivity contribution in [1.82, 2.24) is 24.9 Å². The molecule has 7 nitrogen and oxygen atoms in total. The predicted molar refractivity (Wildman–Crippen MR) is 74.0 cm³/mol. The molecule has 3 aromatic rings. The zero-order chi connectivity index (χ0) is 16.1. The Hall–Kier alpha value is -3.23. The summed E-state index contributed by atoms with van der Waals surface area (Å²) >= 11 is 0. The van der Waals surface area contributed by atoms with Crippen LogP contribution >= 0.6 is 0 Å². The molecule has 0 spiro atoms. The van der Waals surface area contributed by atoms with Gasteiger partial charge >= 0.3 is 6.61 Å². The molecule has 0 atom stereocenters. The van der Waals surface area contributed by atoms with E-state index in [4.69, 9.17) is 4.74 Å². The van der Waals surface area contributed by atoms with Crippen LogP contribution in [0.3, 0.4) is 0 Å². The van der Waals surface area contributed by atoms with E-state index in [1.165, 1.54) is 49.2 Å². The van der Waals surface area contributed by atoms with Crippen LogP contribution in [0.2, 0.25) is 0 Å². The Morgan fingerprint density at radius 3 is 2.57 bits per heavy atom. The lowest BCUT2D eigenvalue weighted by Gasteiger charge is -2.07. The SMILES string of the molecule is FC(F)Oc1cc(Oc2ccnc(-c3cnccn3)n2)ccn1. The van der Waals surface area contributed by atoms with Crippen molar-refractivity contribution in [2.45, 2.75) is 6.61 Å². The van der Waals surface area contributed by atoms with E-state index in [-0.39, 0.29) is 17.5 Å². The van der Waals surface area contributed by atoms with Crippen molar-refractivity contribution in [2.24, 2.45) is 0 Å². The fraction of sp³-hybridized carbons (Fsp3) is 0.0714. The molecule has 116 valence electrons. The van der Waals surface area contributed by atoms with Crippen molar-refractivity contribution in [2.75, 3.05) is 0 Å². The highest BCUT2D eigenvalue weighted by Crippen LogP contribution is 2.24. The number of pyridine rings is 1. The summed E-state index contributed by atoms with van der Waals surface area (Å²) in [5.74, 6) is 0.545. The molecule has 0 saturated heterocycles. The highest BCUT2D eigenvalue weighted by Gasteiger charge is 2.09. The Morgan fingerprint density at radius 2 is 1.78 bits per heavy atom. The van der Waals surface area contributed by atoms with Gasteiger partial charge in [0.05, 0.1) is 6.20 Å². The molecule has 0 fully saturated rings. The number of aromatic nitrogens is 5. The monoisotopic (exact) mass is 317 g/mol. The summed E-state index contributed by atoms with van der Waals surface area (Å²) in [5, 5.41) is 0. The summed E-state index contributed by atoms with van der Waals surface area (Å²) < 4.78 is 34.1. The van der Waals surface area contributed by atoms with Gasteiger partial charge < -0.3 is 9.47 Å². The largest absolute Gasteiger partial charge is 0.439 e. The molecule has 0 aliphatic heterocycles. The normalized spacial score (nSPS) is 10.6. The van der Waals surface area contributed by atoms with Gasteiger partial charge in [-0.05, 0) is 6.07 Å². The first kappa shape index (κ1) is 14.7. The number of alkyl halides is 2. The summed E-state index contributed by atoms with van der Waals surface area (Å²) in [6, 6.07) is 4.24. The van der Waals surface area contributed by atoms with Crippen molar-refractivity contribution in [3.63, 3.8) is 0 Å². The first-order chi connectivity index (χ1) is 11.2. The highest BCUT2D eigenvalue weighted by atomic mass is 19.3. The smallest absolute Gasteiger partial charge is 0.388 e. The van der Waals surface area contributed by atoms with Crippen LogP contribution in [-0.4, -0.2) is 31.5 Å². The van der Waals surface area contributed by atoms with Crippen LogP contribution in [-0.2, 0) is 0 Å². The lowest BCUT2D eigenvalue weighted by atomic mass is 10.4. The van der Waals surface area contributed by atoms with Crippen molar-refractivity contribution >= 4 is 0 Å². The van der Waals surface area contributed by atoms with Crippen LogP contribution in [0.5, 0.6) is 17.5 Å². The first-order valence-electron chi connectivity index (χ1n) is 6.39. The van der Waals surface area contributed by atoms with Gasteiger partial charge in [0.1, 0.15) is 11.4 Å². The summed E-state index contributed by atoms with van der Waals surface area (Å²) in [7, 11) is 0. The summed E-state index contributed by atoms with van der Waals surface area (Å²) in [4.78, 5) is 19.9. The Bertz CT molecular complexity index is 789. The van der Waals surface area contributed by atoms with Crippen LogP contribution in [0.1, 0.15) is 0 Å². The Labute approximate surface area is 129 Å². The van der Waals surface area contributed by atoms with Crippen LogP contribution in [0, 0.1) is 0 Å². The van der Waals surface area contributed by atoms with Crippen LogP contribution < -0.4 is 9.47 Å². The second-order valence-corrected chi connectivity index (χ2v) is 4.12. The summed E-state index contributed by atoms with van der Waals surface area (Å²) in [5.41, 5.74) is 0.481. The zero-order valence-electron chi connectivity index (χ0n) is 11.5. The van der Waals surface area contributed by atoms with Crippen LogP contribution in [0.4, 0.5) is 8.78 Å². The highest BCUT2D eigenvalue weighted by molar-refractivity contribution is 5.47. The molecule has 3 aromatic heterocycles. The van der Waals surface area contributed by atoms with Crippen molar-refractivity contribution in [3.8, 4) is 29.0 Å². The van der Waals surface area contributed by atoms with Crippen molar-refractivity contribution < 1.29 is 18.3 Å². The Morgan fingerprint density at radius 1 is 0.913 bits per heavy atom. The van der Waals surface area contributed by atoms with E-state index < -0.39 is 6.61 Å². The molecule has 3 rings (SSSR count). The molecule has 0 unspecified atom stereocenters. The molecule has 0 aromatic carbocycles.